The van der Waals surface area contributed by atoms with E-state index in [4.69, 9.17) is 4.11 Å². The fraction of sp³-hybridized carbons (Fsp3) is 1.00. The lowest BCUT2D eigenvalue weighted by Crippen LogP contribution is -1.77. The molecule has 0 aromatic heterocycles. The first-order valence-electron chi connectivity index (χ1n) is 3.42. The third-order valence-electron chi connectivity index (χ3n) is 0.408. The maximum Gasteiger partial charge on any atom is 0.0230 e. The van der Waals surface area contributed by atoms with Gasteiger partial charge in [-0.3, -0.25) is 0 Å². The Bertz CT molecular complexity index is 62.6. The van der Waals surface area contributed by atoms with E-state index in [1.165, 1.54) is 0 Å². The van der Waals surface area contributed by atoms with Crippen LogP contribution >= 0.6 is 0 Å². The van der Waals surface area contributed by atoms with E-state index < -0.39 is 6.85 Å². The fourth-order valence-electron chi connectivity index (χ4n) is 0. The Kier molecular flexibility index (Phi) is 0.735. The summed E-state index contributed by atoms with van der Waals surface area (Å²) in [5.74, 6) is 0.280. The molecule has 0 amide bonds. The largest absolute Gasteiger partial charge is 0.0651 e. The molecule has 0 nitrogen and oxygen atoms in total. The highest BCUT2D eigenvalue weighted by Crippen LogP contribution is 1.93. The fourth-order valence-corrected chi connectivity index (χ4v) is 0. The van der Waals surface area contributed by atoms with E-state index in [0.29, 0.717) is 6.42 Å². The maximum absolute atomic E-state index is 6.80. The summed E-state index contributed by atoms with van der Waals surface area (Å²) in [5, 5.41) is 0. The van der Waals surface area contributed by atoms with E-state index in [0.717, 1.165) is 0 Å². The van der Waals surface area contributed by atoms with Crippen molar-refractivity contribution in [2.75, 3.05) is 0 Å². The Morgan fingerprint density at radius 1 is 1.80 bits per heavy atom. The molecule has 32 valence electrons. The second-order valence-electron chi connectivity index (χ2n) is 1.60. The molecule has 0 N–H and O–H groups in total. The average molecular weight is 75.2 g/mol. The standard InChI is InChI=1S/C5H12/c1-4-5(2)3/h5H,4H2,1-3H3/i1D3. The molecule has 0 saturated heterocycles. The zero-order valence-electron chi connectivity index (χ0n) is 6.78. The first-order valence-corrected chi connectivity index (χ1v) is 1.92. The third-order valence-corrected chi connectivity index (χ3v) is 0.408. The lowest BCUT2D eigenvalue weighted by atomic mass is 10.2. The van der Waals surface area contributed by atoms with Crippen LogP contribution in [0.5, 0.6) is 0 Å². The molecule has 0 heterocycles. The Balaban J connectivity index is 3.39. The van der Waals surface area contributed by atoms with Gasteiger partial charge in [0, 0.05) is 4.11 Å². The van der Waals surface area contributed by atoms with Crippen molar-refractivity contribution in [1.29, 1.82) is 0 Å². The molecule has 0 aromatic carbocycles. The van der Waals surface area contributed by atoms with Crippen LogP contribution in [-0.2, 0) is 0 Å². The summed E-state index contributed by atoms with van der Waals surface area (Å²) < 4.78 is 20.4. The molecular formula is C5H12. The van der Waals surface area contributed by atoms with Crippen molar-refractivity contribution in [2.45, 2.75) is 27.1 Å². The molecule has 5 heavy (non-hydrogen) atoms. The zero-order chi connectivity index (χ0) is 6.78. The highest BCUT2D eigenvalue weighted by atomic mass is 13.9. The molecule has 0 unspecified atom stereocenters. The van der Waals surface area contributed by atoms with Gasteiger partial charge in [-0.05, 0) is 5.92 Å². The highest BCUT2D eigenvalue weighted by Gasteiger charge is 1.80. The van der Waals surface area contributed by atoms with Crippen molar-refractivity contribution in [2.24, 2.45) is 5.92 Å². The predicted octanol–water partition coefficient (Wildman–Crippen LogP) is 2.05. The van der Waals surface area contributed by atoms with E-state index in [1.807, 2.05) is 13.8 Å². The molecule has 0 radical (unpaired) electrons. The minimum absolute atomic E-state index is 0.280. The molecule has 0 rings (SSSR count). The van der Waals surface area contributed by atoms with Gasteiger partial charge in [0.15, 0.2) is 0 Å². The molecule has 0 aromatic rings. The van der Waals surface area contributed by atoms with Crippen molar-refractivity contribution in [1.82, 2.24) is 0 Å². The van der Waals surface area contributed by atoms with Gasteiger partial charge in [0.05, 0.1) is 0 Å². The summed E-state index contributed by atoms with van der Waals surface area (Å²) in [6, 6.07) is 0. The van der Waals surface area contributed by atoms with Crippen LogP contribution in [0.2, 0.25) is 0 Å². The minimum atomic E-state index is -1.73. The van der Waals surface area contributed by atoms with Crippen LogP contribution in [0.4, 0.5) is 0 Å². The van der Waals surface area contributed by atoms with E-state index in [2.05, 4.69) is 0 Å². The van der Waals surface area contributed by atoms with Crippen LogP contribution in [0, 0.1) is 5.92 Å². The van der Waals surface area contributed by atoms with Gasteiger partial charge in [-0.1, -0.05) is 27.1 Å². The van der Waals surface area contributed by atoms with E-state index in [-0.39, 0.29) is 5.92 Å². The summed E-state index contributed by atoms with van der Waals surface area (Å²) in [6.07, 6.45) is 0.326. The van der Waals surface area contributed by atoms with Gasteiger partial charge in [0.25, 0.3) is 0 Å². The minimum Gasteiger partial charge on any atom is -0.0651 e. The van der Waals surface area contributed by atoms with Crippen molar-refractivity contribution >= 4 is 0 Å². The predicted molar refractivity (Wildman–Crippen MR) is 25.1 cm³/mol. The van der Waals surface area contributed by atoms with Crippen LogP contribution < -0.4 is 0 Å². The monoisotopic (exact) mass is 75.1 g/mol. The van der Waals surface area contributed by atoms with Gasteiger partial charge in [0.2, 0.25) is 0 Å². The van der Waals surface area contributed by atoms with Crippen molar-refractivity contribution in [3.8, 4) is 0 Å². The summed E-state index contributed by atoms with van der Waals surface area (Å²) >= 11 is 0. The summed E-state index contributed by atoms with van der Waals surface area (Å²) in [6.45, 7) is 2.09. The molecule has 0 spiro atoms. The third kappa shape index (κ3) is 4.00. The van der Waals surface area contributed by atoms with Crippen LogP contribution in [0.25, 0.3) is 0 Å². The smallest absolute Gasteiger partial charge is 0.0230 e. The Hall–Kier alpha value is 0. The van der Waals surface area contributed by atoms with E-state index in [9.17, 15) is 0 Å². The second-order valence-corrected chi connectivity index (χ2v) is 1.60. The summed E-state index contributed by atoms with van der Waals surface area (Å²) in [5.41, 5.74) is 0. The summed E-state index contributed by atoms with van der Waals surface area (Å²) in [7, 11) is 0. The molecule has 0 atom stereocenters. The van der Waals surface area contributed by atoms with E-state index in [1.54, 1.807) is 0 Å². The van der Waals surface area contributed by atoms with Crippen LogP contribution in [0.15, 0.2) is 0 Å². The van der Waals surface area contributed by atoms with Gasteiger partial charge < -0.3 is 0 Å². The SMILES string of the molecule is [2H]C([2H])([2H])CC(C)C. The number of rotatable bonds is 1. The first kappa shape index (κ1) is 1.63. The van der Waals surface area contributed by atoms with Gasteiger partial charge in [-0.2, -0.15) is 0 Å². The molecule has 0 aliphatic rings. The van der Waals surface area contributed by atoms with Gasteiger partial charge in [-0.25, -0.2) is 0 Å². The van der Waals surface area contributed by atoms with Crippen LogP contribution in [0.3, 0.4) is 0 Å². The van der Waals surface area contributed by atoms with Crippen LogP contribution in [0.1, 0.15) is 31.2 Å². The second kappa shape index (κ2) is 2.25. The van der Waals surface area contributed by atoms with Gasteiger partial charge >= 0.3 is 0 Å². The van der Waals surface area contributed by atoms with Crippen molar-refractivity contribution in [3.63, 3.8) is 0 Å². The molecule has 0 bridgehead atoms. The highest BCUT2D eigenvalue weighted by molar-refractivity contribution is 4.32. The van der Waals surface area contributed by atoms with Crippen molar-refractivity contribution < 1.29 is 4.11 Å². The Labute approximate surface area is 38.4 Å². The summed E-state index contributed by atoms with van der Waals surface area (Å²) in [4.78, 5) is 0. The number of hydrogen-bond acceptors (Lipinski definition) is 0. The van der Waals surface area contributed by atoms with Gasteiger partial charge in [0.1, 0.15) is 0 Å². The Morgan fingerprint density at radius 3 is 2.40 bits per heavy atom. The lowest BCUT2D eigenvalue weighted by molar-refractivity contribution is 0.626. The number of hydrogen-bond donors (Lipinski definition) is 0. The average Bonchev–Trinajstić information content (AvgIpc) is 1.21. The topological polar surface area (TPSA) is 0 Å². The zero-order valence-corrected chi connectivity index (χ0v) is 3.78. The van der Waals surface area contributed by atoms with Gasteiger partial charge in [-0.15, -0.1) is 0 Å². The first-order chi connectivity index (χ1) is 3.42. The normalized spacial score (nSPS) is 21.0. The molecule has 0 saturated carbocycles. The molecular weight excluding hydrogens is 60.1 g/mol. The van der Waals surface area contributed by atoms with Crippen molar-refractivity contribution in [3.05, 3.63) is 0 Å². The van der Waals surface area contributed by atoms with Crippen LogP contribution in [-0.4, -0.2) is 0 Å². The maximum atomic E-state index is 6.80. The Morgan fingerprint density at radius 2 is 2.40 bits per heavy atom. The molecule has 0 heteroatoms. The lowest BCUT2D eigenvalue weighted by Gasteiger charge is -1.90. The molecule has 0 fully saturated rings. The molecule has 0 aliphatic heterocycles. The molecule has 0 aliphatic carbocycles. The van der Waals surface area contributed by atoms with E-state index >= 15 is 0 Å². The quantitative estimate of drug-likeness (QED) is 0.447.